The molecular weight excluding hydrogens is 464 g/mol. The lowest BCUT2D eigenvalue weighted by Gasteiger charge is -2.34. The van der Waals surface area contributed by atoms with E-state index in [1.807, 2.05) is 29.2 Å². The van der Waals surface area contributed by atoms with Crippen LogP contribution in [0.1, 0.15) is 41.6 Å². The topological polar surface area (TPSA) is 102 Å². The molecule has 0 atom stereocenters. The van der Waals surface area contributed by atoms with Crippen LogP contribution in [0, 0.1) is 0 Å². The van der Waals surface area contributed by atoms with Crippen molar-refractivity contribution >= 4 is 27.1 Å². The summed E-state index contributed by atoms with van der Waals surface area (Å²) in [6, 6.07) is 12.5. The number of nitrogens with zero attached hydrogens (tertiary/aromatic N) is 2. The van der Waals surface area contributed by atoms with Crippen molar-refractivity contribution < 1.29 is 18.3 Å². The fraction of sp³-hybridized carbons (Fsp3) is 0.500. The van der Waals surface area contributed by atoms with Crippen LogP contribution in [-0.2, 0) is 15.6 Å². The van der Waals surface area contributed by atoms with Gasteiger partial charge in [0.05, 0.1) is 27.6 Å². The van der Waals surface area contributed by atoms with E-state index in [1.54, 1.807) is 18.2 Å². The van der Waals surface area contributed by atoms with Crippen LogP contribution in [0.5, 0.6) is 0 Å². The zero-order chi connectivity index (χ0) is 24.7. The Balaban J connectivity index is 1.79. The molecule has 9 heteroatoms. The number of rotatable bonds is 9. The van der Waals surface area contributed by atoms with E-state index in [1.165, 1.54) is 0 Å². The molecule has 190 valence electrons. The van der Waals surface area contributed by atoms with Gasteiger partial charge < -0.3 is 25.5 Å². The van der Waals surface area contributed by atoms with Gasteiger partial charge in [0, 0.05) is 52.4 Å². The maximum Gasteiger partial charge on any atom is 0.256 e. The molecule has 1 amide bonds. The Bertz CT molecular complexity index is 1100. The van der Waals surface area contributed by atoms with Crippen LogP contribution in [-0.4, -0.2) is 76.8 Å². The number of aliphatic hydroxyl groups is 1. The Morgan fingerprint density at radius 2 is 1.71 bits per heavy atom. The molecule has 35 heavy (non-hydrogen) atoms. The number of nitrogens with one attached hydrogen (secondary N) is 2. The highest BCUT2D eigenvalue weighted by Gasteiger charge is 2.29. The molecule has 2 aromatic rings. The minimum atomic E-state index is -3.74. The fourth-order valence-electron chi connectivity index (χ4n) is 4.74. The van der Waals surface area contributed by atoms with E-state index >= 15 is 0 Å². The van der Waals surface area contributed by atoms with E-state index in [0.29, 0.717) is 42.9 Å². The van der Waals surface area contributed by atoms with Gasteiger partial charge >= 0.3 is 0 Å². The van der Waals surface area contributed by atoms with Crippen molar-refractivity contribution in [3.63, 3.8) is 0 Å². The summed E-state index contributed by atoms with van der Waals surface area (Å²) in [7, 11) is -3.74. The van der Waals surface area contributed by atoms with Crippen molar-refractivity contribution in [3.05, 3.63) is 53.6 Å². The highest BCUT2D eigenvalue weighted by molar-refractivity contribution is 7.90. The maximum atomic E-state index is 13.7. The van der Waals surface area contributed by atoms with Gasteiger partial charge in [-0.3, -0.25) is 4.79 Å². The smallest absolute Gasteiger partial charge is 0.256 e. The van der Waals surface area contributed by atoms with E-state index in [0.717, 1.165) is 51.1 Å². The molecule has 0 bridgehead atoms. The van der Waals surface area contributed by atoms with Gasteiger partial charge in [-0.05, 0) is 43.4 Å². The molecule has 2 heterocycles. The van der Waals surface area contributed by atoms with Crippen molar-refractivity contribution in [2.24, 2.45) is 0 Å². The second-order valence-corrected chi connectivity index (χ2v) is 11.2. The molecule has 0 aliphatic carbocycles. The molecule has 2 aromatic carbocycles. The maximum absolute atomic E-state index is 13.7. The fourth-order valence-corrected chi connectivity index (χ4v) is 6.29. The number of benzene rings is 2. The average molecular weight is 501 g/mol. The Morgan fingerprint density at radius 3 is 2.40 bits per heavy atom. The van der Waals surface area contributed by atoms with Crippen LogP contribution in [0.15, 0.2) is 47.4 Å². The Labute approximate surface area is 208 Å². The standard InChI is InChI=1S/C26H36N4O4S/c31-17-7-10-28-23-19-24(29-13-5-2-6-14-29)22(26(32)30-15-11-27-12-16-30)18-25(23)35(33,34)20-21-8-3-1-4-9-21/h1,3-4,8-9,18-19,27-28,31H,2,5-7,10-17,20H2. The molecule has 0 spiro atoms. The minimum Gasteiger partial charge on any atom is -0.396 e. The summed E-state index contributed by atoms with van der Waals surface area (Å²) in [6.45, 7) is 4.78. The summed E-state index contributed by atoms with van der Waals surface area (Å²) in [6.07, 6.45) is 3.74. The molecule has 2 saturated heterocycles. The van der Waals surface area contributed by atoms with Crippen LogP contribution in [0.2, 0.25) is 0 Å². The Kier molecular flexibility index (Phi) is 8.64. The molecule has 3 N–H and O–H groups in total. The lowest BCUT2D eigenvalue weighted by atomic mass is 10.0. The zero-order valence-electron chi connectivity index (χ0n) is 20.2. The minimum absolute atomic E-state index is 0.0116. The number of hydrogen-bond donors (Lipinski definition) is 3. The van der Waals surface area contributed by atoms with Gasteiger partial charge in [0.1, 0.15) is 0 Å². The second-order valence-electron chi connectivity index (χ2n) is 9.20. The summed E-state index contributed by atoms with van der Waals surface area (Å²) in [5, 5.41) is 15.8. The Morgan fingerprint density at radius 1 is 1.00 bits per heavy atom. The van der Waals surface area contributed by atoms with Gasteiger partial charge in [0.15, 0.2) is 9.84 Å². The van der Waals surface area contributed by atoms with Gasteiger partial charge in [-0.15, -0.1) is 0 Å². The third-order valence-electron chi connectivity index (χ3n) is 6.61. The van der Waals surface area contributed by atoms with Crippen molar-refractivity contribution in [2.75, 3.05) is 62.6 Å². The number of piperazine rings is 1. The zero-order valence-corrected chi connectivity index (χ0v) is 21.0. The average Bonchev–Trinajstić information content (AvgIpc) is 2.89. The highest BCUT2D eigenvalue weighted by atomic mass is 32.2. The highest BCUT2D eigenvalue weighted by Crippen LogP contribution is 2.35. The van der Waals surface area contributed by atoms with E-state index in [9.17, 15) is 18.3 Å². The summed E-state index contributed by atoms with van der Waals surface area (Å²) in [4.78, 5) is 17.9. The van der Waals surface area contributed by atoms with Crippen LogP contribution < -0.4 is 15.5 Å². The number of amides is 1. The third-order valence-corrected chi connectivity index (χ3v) is 8.34. The molecule has 4 rings (SSSR count). The van der Waals surface area contributed by atoms with Crippen LogP contribution >= 0.6 is 0 Å². The molecule has 2 fully saturated rings. The summed E-state index contributed by atoms with van der Waals surface area (Å²) in [5.74, 6) is -0.266. The van der Waals surface area contributed by atoms with Gasteiger partial charge in [0.2, 0.25) is 0 Å². The number of carbonyl (C=O) groups is 1. The molecule has 2 aliphatic rings. The van der Waals surface area contributed by atoms with Gasteiger partial charge in [-0.1, -0.05) is 30.3 Å². The monoisotopic (exact) mass is 500 g/mol. The number of carbonyl (C=O) groups excluding carboxylic acids is 1. The summed E-state index contributed by atoms with van der Waals surface area (Å²) < 4.78 is 27.3. The number of piperidine rings is 1. The van der Waals surface area contributed by atoms with E-state index in [2.05, 4.69) is 15.5 Å². The molecule has 0 saturated carbocycles. The van der Waals surface area contributed by atoms with Crippen molar-refractivity contribution in [1.29, 1.82) is 0 Å². The Hall–Kier alpha value is -2.62. The van der Waals surface area contributed by atoms with E-state index in [-0.39, 0.29) is 23.2 Å². The van der Waals surface area contributed by atoms with Gasteiger partial charge in [-0.2, -0.15) is 0 Å². The predicted octanol–water partition coefficient (Wildman–Crippen LogP) is 2.49. The van der Waals surface area contributed by atoms with Gasteiger partial charge in [-0.25, -0.2) is 8.42 Å². The first-order valence-electron chi connectivity index (χ1n) is 12.5. The number of sulfone groups is 1. The molecule has 0 radical (unpaired) electrons. The van der Waals surface area contributed by atoms with Gasteiger partial charge in [0.25, 0.3) is 5.91 Å². The predicted molar refractivity (Wildman–Crippen MR) is 139 cm³/mol. The lowest BCUT2D eigenvalue weighted by molar-refractivity contribution is 0.0736. The second kappa shape index (κ2) is 11.9. The summed E-state index contributed by atoms with van der Waals surface area (Å²) in [5.41, 5.74) is 2.43. The quantitative estimate of drug-likeness (QED) is 0.455. The van der Waals surface area contributed by atoms with E-state index in [4.69, 9.17) is 0 Å². The van der Waals surface area contributed by atoms with E-state index < -0.39 is 9.84 Å². The van der Waals surface area contributed by atoms with Crippen molar-refractivity contribution in [3.8, 4) is 0 Å². The molecule has 0 aromatic heterocycles. The van der Waals surface area contributed by atoms with Crippen LogP contribution in [0.4, 0.5) is 11.4 Å². The number of hydrogen-bond acceptors (Lipinski definition) is 7. The lowest BCUT2D eigenvalue weighted by Crippen LogP contribution is -2.47. The first kappa shape index (κ1) is 25.5. The van der Waals surface area contributed by atoms with Crippen LogP contribution in [0.25, 0.3) is 0 Å². The number of aliphatic hydroxyl groups excluding tert-OH is 1. The third kappa shape index (κ3) is 6.34. The normalized spacial score (nSPS) is 16.8. The SMILES string of the molecule is O=C(c1cc(S(=O)(=O)Cc2ccccc2)c(NCCCO)cc1N1CCCCC1)N1CCNCC1. The van der Waals surface area contributed by atoms with Crippen molar-refractivity contribution in [1.82, 2.24) is 10.2 Å². The molecular formula is C26H36N4O4S. The first-order valence-corrected chi connectivity index (χ1v) is 14.2. The largest absolute Gasteiger partial charge is 0.396 e. The first-order chi connectivity index (χ1) is 17.0. The molecule has 8 nitrogen and oxygen atoms in total. The number of anilines is 2. The molecule has 0 unspecified atom stereocenters. The van der Waals surface area contributed by atoms with Crippen LogP contribution in [0.3, 0.4) is 0 Å². The van der Waals surface area contributed by atoms with Crippen molar-refractivity contribution in [2.45, 2.75) is 36.3 Å². The summed E-state index contributed by atoms with van der Waals surface area (Å²) >= 11 is 0. The molecule has 2 aliphatic heterocycles.